The highest BCUT2D eigenvalue weighted by Crippen LogP contribution is 2.34. The van der Waals surface area contributed by atoms with Gasteiger partial charge in [0.05, 0.1) is 6.54 Å². The molecule has 1 aliphatic carbocycles. The van der Waals surface area contributed by atoms with Crippen molar-refractivity contribution in [2.24, 2.45) is 28.6 Å². The minimum absolute atomic E-state index is 0.0133. The summed E-state index contributed by atoms with van der Waals surface area (Å²) in [7, 11) is 0. The van der Waals surface area contributed by atoms with Gasteiger partial charge in [-0.05, 0) is 42.2 Å². The van der Waals surface area contributed by atoms with Gasteiger partial charge in [-0.2, -0.15) is 0 Å². The summed E-state index contributed by atoms with van der Waals surface area (Å²) in [5, 5.41) is 3.34. The highest BCUT2D eigenvalue weighted by Gasteiger charge is 2.29. The lowest BCUT2D eigenvalue weighted by Crippen LogP contribution is -2.32. The Labute approximate surface area is 166 Å². The third kappa shape index (κ3) is 8.35. The lowest BCUT2D eigenvalue weighted by Gasteiger charge is -2.28. The number of nitrogens with two attached hydrogens (primary N) is 1. The number of primary amides is 1. The van der Waals surface area contributed by atoms with Crippen molar-refractivity contribution in [1.82, 2.24) is 4.98 Å². The average molecular weight is 386 g/mol. The molecule has 2 N–H and O–H groups in total. The molecular formula is C21H31N5O2. The Hall–Kier alpha value is -2.66. The molecule has 2 atom stereocenters. The highest BCUT2D eigenvalue weighted by molar-refractivity contribution is 5.77. The van der Waals surface area contributed by atoms with E-state index in [1.807, 2.05) is 13.0 Å². The largest absolute Gasteiger partial charge is 0.369 e. The Bertz CT molecular complexity index is 723. The molecule has 1 aromatic rings. The van der Waals surface area contributed by atoms with Crippen LogP contribution in [0.5, 0.6) is 0 Å². The molecule has 1 amide bonds. The number of rotatable bonds is 7. The van der Waals surface area contributed by atoms with Gasteiger partial charge < -0.3 is 5.73 Å². The SMILES string of the molecule is C=CC(C1CCCCCC1)C(CC)C(N)=O.[N-]=[N+]=NCc1cccc(=O)nc1. The molecule has 7 nitrogen and oxygen atoms in total. The summed E-state index contributed by atoms with van der Waals surface area (Å²) in [6, 6.07) is 4.61. The summed E-state index contributed by atoms with van der Waals surface area (Å²) in [6.45, 7) is 6.17. The molecule has 28 heavy (non-hydrogen) atoms. The van der Waals surface area contributed by atoms with E-state index in [0.29, 0.717) is 11.8 Å². The summed E-state index contributed by atoms with van der Waals surface area (Å²) in [6.07, 6.45) is 11.9. The van der Waals surface area contributed by atoms with Crippen molar-refractivity contribution >= 4 is 5.91 Å². The predicted molar refractivity (Wildman–Crippen MR) is 111 cm³/mol. The van der Waals surface area contributed by atoms with Crippen LogP contribution in [0.2, 0.25) is 0 Å². The molecule has 0 bridgehead atoms. The Balaban J connectivity index is 0.000000292. The zero-order chi connectivity index (χ0) is 20.8. The van der Waals surface area contributed by atoms with Crippen molar-refractivity contribution in [1.29, 1.82) is 0 Å². The van der Waals surface area contributed by atoms with E-state index in [2.05, 4.69) is 21.6 Å². The zero-order valence-electron chi connectivity index (χ0n) is 16.7. The molecule has 0 spiro atoms. The lowest BCUT2D eigenvalue weighted by molar-refractivity contribution is -0.123. The van der Waals surface area contributed by atoms with Crippen LogP contribution in [-0.4, -0.2) is 10.9 Å². The lowest BCUT2D eigenvalue weighted by atomic mass is 9.76. The first-order valence-corrected chi connectivity index (χ1v) is 9.91. The summed E-state index contributed by atoms with van der Waals surface area (Å²) in [5.41, 5.74) is 13.9. The predicted octanol–water partition coefficient (Wildman–Crippen LogP) is 4.52. The summed E-state index contributed by atoms with van der Waals surface area (Å²) < 4.78 is 0. The van der Waals surface area contributed by atoms with Crippen molar-refractivity contribution in [3.8, 4) is 0 Å². The second-order valence-corrected chi connectivity index (χ2v) is 7.07. The summed E-state index contributed by atoms with van der Waals surface area (Å²) >= 11 is 0. The van der Waals surface area contributed by atoms with E-state index in [1.54, 1.807) is 12.1 Å². The molecule has 1 fully saturated rings. The van der Waals surface area contributed by atoms with Crippen LogP contribution in [0.3, 0.4) is 0 Å². The number of carbonyl (C=O) groups is 1. The Morgan fingerprint density at radius 3 is 2.61 bits per heavy atom. The maximum Gasteiger partial charge on any atom is 0.269 e. The first kappa shape index (κ1) is 23.4. The molecule has 0 aliphatic heterocycles. The molecule has 0 saturated heterocycles. The summed E-state index contributed by atoms with van der Waals surface area (Å²) in [5.74, 6) is 0.746. The van der Waals surface area contributed by atoms with E-state index >= 15 is 0 Å². The minimum atomic E-state index is -0.304. The summed E-state index contributed by atoms with van der Waals surface area (Å²) in [4.78, 5) is 28.3. The van der Waals surface area contributed by atoms with Gasteiger partial charge in [0.15, 0.2) is 0 Å². The smallest absolute Gasteiger partial charge is 0.269 e. The standard InChI is InChI=1S/C14H25NO.C7H6N4O/c1-3-12(13(4-2)14(15)16)11-9-7-5-6-8-10-11;8-11-10-5-6-2-1-3-7(12)9-4-6/h3,11-13H,1,4-10H2,2H3,(H2,15,16);1-4H,5H2. The molecule has 0 radical (unpaired) electrons. The number of azide groups is 1. The van der Waals surface area contributed by atoms with Crippen LogP contribution >= 0.6 is 0 Å². The van der Waals surface area contributed by atoms with Crippen LogP contribution in [0, 0.1) is 17.8 Å². The van der Waals surface area contributed by atoms with Crippen LogP contribution in [0.25, 0.3) is 10.4 Å². The van der Waals surface area contributed by atoms with E-state index in [4.69, 9.17) is 11.3 Å². The fourth-order valence-corrected chi connectivity index (χ4v) is 3.74. The second-order valence-electron chi connectivity index (χ2n) is 7.07. The molecule has 2 rings (SSSR count). The minimum Gasteiger partial charge on any atom is -0.369 e. The normalized spacial score (nSPS) is 16.3. The van der Waals surface area contributed by atoms with E-state index in [0.717, 1.165) is 12.0 Å². The van der Waals surface area contributed by atoms with Crippen LogP contribution in [0.4, 0.5) is 0 Å². The van der Waals surface area contributed by atoms with Gasteiger partial charge in [-0.1, -0.05) is 55.9 Å². The number of carbonyl (C=O) groups excluding carboxylic acids is 1. The highest BCUT2D eigenvalue weighted by atomic mass is 16.1. The van der Waals surface area contributed by atoms with Crippen LogP contribution in [0.1, 0.15) is 57.4 Å². The second kappa shape index (κ2) is 13.5. The van der Waals surface area contributed by atoms with Gasteiger partial charge in [-0.15, -0.1) is 6.58 Å². The maximum absolute atomic E-state index is 11.4. The van der Waals surface area contributed by atoms with Crippen molar-refractivity contribution in [2.75, 3.05) is 0 Å². The topological polar surface area (TPSA) is 122 Å². The van der Waals surface area contributed by atoms with Gasteiger partial charge in [0, 0.05) is 23.1 Å². The van der Waals surface area contributed by atoms with E-state index in [9.17, 15) is 9.59 Å². The first-order valence-electron chi connectivity index (χ1n) is 9.91. The quantitative estimate of drug-likeness (QED) is 0.244. The first-order chi connectivity index (χ1) is 13.5. The number of nitrogens with zero attached hydrogens (tertiary/aromatic N) is 4. The molecule has 152 valence electrons. The van der Waals surface area contributed by atoms with Crippen molar-refractivity contribution in [2.45, 2.75) is 58.4 Å². The van der Waals surface area contributed by atoms with Crippen LogP contribution < -0.4 is 11.3 Å². The van der Waals surface area contributed by atoms with E-state index in [1.165, 1.54) is 50.8 Å². The van der Waals surface area contributed by atoms with Gasteiger partial charge in [-0.25, -0.2) is 4.98 Å². The van der Waals surface area contributed by atoms with E-state index < -0.39 is 0 Å². The van der Waals surface area contributed by atoms with E-state index in [-0.39, 0.29) is 23.9 Å². The molecule has 1 aromatic heterocycles. The molecule has 1 aliphatic rings. The average Bonchev–Trinajstić information content (AvgIpc) is 3.07. The Kier molecular flexibility index (Phi) is 11.3. The van der Waals surface area contributed by atoms with Crippen molar-refractivity contribution in [3.63, 3.8) is 0 Å². The van der Waals surface area contributed by atoms with Crippen molar-refractivity contribution < 1.29 is 4.79 Å². The molecule has 1 heterocycles. The van der Waals surface area contributed by atoms with Gasteiger partial charge in [0.25, 0.3) is 5.56 Å². The molecule has 1 saturated carbocycles. The Morgan fingerprint density at radius 2 is 2.07 bits per heavy atom. The van der Waals surface area contributed by atoms with Gasteiger partial charge in [0.1, 0.15) is 0 Å². The van der Waals surface area contributed by atoms with Gasteiger partial charge in [0.2, 0.25) is 5.91 Å². The number of hydrogen-bond acceptors (Lipinski definition) is 4. The Morgan fingerprint density at radius 1 is 1.39 bits per heavy atom. The third-order valence-electron chi connectivity index (χ3n) is 5.21. The molecule has 2 unspecified atom stereocenters. The third-order valence-corrected chi connectivity index (χ3v) is 5.21. The van der Waals surface area contributed by atoms with Crippen LogP contribution in [-0.2, 0) is 11.3 Å². The number of amides is 1. The number of hydrogen-bond donors (Lipinski definition) is 1. The monoisotopic (exact) mass is 385 g/mol. The number of allylic oxidation sites excluding steroid dienone is 1. The molecule has 0 aromatic carbocycles. The zero-order valence-corrected chi connectivity index (χ0v) is 16.7. The molecular weight excluding hydrogens is 354 g/mol. The molecule has 7 heteroatoms. The van der Waals surface area contributed by atoms with Gasteiger partial charge >= 0.3 is 0 Å². The maximum atomic E-state index is 11.4. The van der Waals surface area contributed by atoms with Crippen LogP contribution in [0.15, 0.2) is 47.0 Å². The fraction of sp³-hybridized carbons (Fsp3) is 0.571. The fourth-order valence-electron chi connectivity index (χ4n) is 3.74. The van der Waals surface area contributed by atoms with Crippen molar-refractivity contribution in [3.05, 3.63) is 63.4 Å². The number of aromatic nitrogens is 1. The van der Waals surface area contributed by atoms with Gasteiger partial charge in [-0.3, -0.25) is 9.59 Å².